The Morgan fingerprint density at radius 1 is 1.15 bits per heavy atom. The smallest absolute Gasteiger partial charge is 0.331 e. The summed E-state index contributed by atoms with van der Waals surface area (Å²) in [6, 6.07) is 0. The van der Waals surface area contributed by atoms with Gasteiger partial charge >= 0.3 is 11.9 Å². The van der Waals surface area contributed by atoms with Gasteiger partial charge in [-0.2, -0.15) is 0 Å². The lowest BCUT2D eigenvalue weighted by Crippen LogP contribution is -2.04. The van der Waals surface area contributed by atoms with Crippen LogP contribution in [0, 0.1) is 0 Å². The minimum absolute atomic E-state index is 0.303. The summed E-state index contributed by atoms with van der Waals surface area (Å²) in [5, 5.41) is 16.1. The molecule has 4 nitrogen and oxygen atoms in total. The van der Waals surface area contributed by atoms with Crippen molar-refractivity contribution < 1.29 is 19.8 Å². The third-order valence-corrected chi connectivity index (χ3v) is 0.834. The van der Waals surface area contributed by atoms with E-state index in [9.17, 15) is 9.59 Å². The van der Waals surface area contributed by atoms with Crippen molar-refractivity contribution in [3.05, 3.63) is 37.5 Å². The van der Waals surface area contributed by atoms with Crippen LogP contribution in [0.25, 0.3) is 0 Å². The number of carboxylic acids is 2. The summed E-state index contributed by atoms with van der Waals surface area (Å²) >= 11 is 0. The molecule has 0 aliphatic carbocycles. The van der Waals surface area contributed by atoms with E-state index in [1.165, 1.54) is 0 Å². The molecule has 4 heteroatoms. The monoisotopic (exact) mass is 184 g/mol. The van der Waals surface area contributed by atoms with E-state index in [-0.39, 0.29) is 5.57 Å². The molecule has 2 N–H and O–H groups in total. The summed E-state index contributed by atoms with van der Waals surface area (Å²) in [7, 11) is 0. The molecule has 0 unspecified atom stereocenters. The van der Waals surface area contributed by atoms with E-state index >= 15 is 0 Å². The number of allylic oxidation sites excluding steroid dienone is 2. The lowest BCUT2D eigenvalue weighted by molar-refractivity contribution is -0.139. The van der Waals surface area contributed by atoms with Crippen LogP contribution >= 0.6 is 0 Å². The van der Waals surface area contributed by atoms with Gasteiger partial charge in [0, 0.05) is 5.57 Å². The molecule has 0 aromatic rings. The van der Waals surface area contributed by atoms with E-state index in [2.05, 4.69) is 19.7 Å². The van der Waals surface area contributed by atoms with E-state index in [0.717, 1.165) is 0 Å². The molecule has 0 aliphatic heterocycles. The van der Waals surface area contributed by atoms with Crippen LogP contribution in [0.5, 0.6) is 0 Å². The topological polar surface area (TPSA) is 74.6 Å². The van der Waals surface area contributed by atoms with Crippen molar-refractivity contribution in [2.24, 2.45) is 0 Å². The molecule has 0 rings (SSSR count). The number of aliphatic carboxylic acids is 2. The van der Waals surface area contributed by atoms with Gasteiger partial charge in [0.25, 0.3) is 0 Å². The first-order chi connectivity index (χ1) is 5.95. The Morgan fingerprint density at radius 2 is 1.54 bits per heavy atom. The summed E-state index contributed by atoms with van der Waals surface area (Å²) in [5.41, 5.74) is -0.303. The largest absolute Gasteiger partial charge is 0.481 e. The first-order valence-corrected chi connectivity index (χ1v) is 3.32. The Bertz CT molecular complexity index is 222. The van der Waals surface area contributed by atoms with E-state index in [1.807, 2.05) is 0 Å². The SMILES string of the molecule is C=C(CC(=O)O)C(=O)O.C=CC=C. The molecule has 0 amide bonds. The Morgan fingerprint density at radius 3 is 1.62 bits per heavy atom. The van der Waals surface area contributed by atoms with E-state index in [1.54, 1.807) is 12.2 Å². The predicted molar refractivity (Wildman–Crippen MR) is 49.4 cm³/mol. The van der Waals surface area contributed by atoms with Crippen molar-refractivity contribution in [1.82, 2.24) is 0 Å². The minimum Gasteiger partial charge on any atom is -0.481 e. The second-order valence-electron chi connectivity index (χ2n) is 1.95. The average Bonchev–Trinajstić information content (AvgIpc) is 2.03. The number of carbonyl (C=O) groups is 2. The lowest BCUT2D eigenvalue weighted by atomic mass is 10.2. The van der Waals surface area contributed by atoms with Gasteiger partial charge in [-0.25, -0.2) is 4.79 Å². The van der Waals surface area contributed by atoms with Crippen LogP contribution in [0.1, 0.15) is 6.42 Å². The second kappa shape index (κ2) is 8.26. The van der Waals surface area contributed by atoms with Crippen molar-refractivity contribution in [2.45, 2.75) is 6.42 Å². The molecular weight excluding hydrogens is 172 g/mol. The van der Waals surface area contributed by atoms with Crippen molar-refractivity contribution in [3.63, 3.8) is 0 Å². The summed E-state index contributed by atoms with van der Waals surface area (Å²) in [6.07, 6.45) is 2.77. The Balaban J connectivity index is 0. The highest BCUT2D eigenvalue weighted by molar-refractivity contribution is 5.91. The zero-order valence-corrected chi connectivity index (χ0v) is 7.19. The molecule has 0 aromatic carbocycles. The van der Waals surface area contributed by atoms with Crippen LogP contribution in [0.4, 0.5) is 0 Å². The highest BCUT2D eigenvalue weighted by Gasteiger charge is 2.07. The fourth-order valence-corrected chi connectivity index (χ4v) is 0.258. The zero-order valence-electron chi connectivity index (χ0n) is 7.19. The molecule has 0 saturated carbocycles. The number of hydrogen-bond donors (Lipinski definition) is 2. The Labute approximate surface area is 76.5 Å². The van der Waals surface area contributed by atoms with Gasteiger partial charge in [0.05, 0.1) is 6.42 Å². The number of hydrogen-bond acceptors (Lipinski definition) is 2. The maximum atomic E-state index is 9.87. The zero-order chi connectivity index (χ0) is 10.9. The van der Waals surface area contributed by atoms with Crippen molar-refractivity contribution >= 4 is 11.9 Å². The molecule has 0 saturated heterocycles. The molecule has 0 fully saturated rings. The maximum absolute atomic E-state index is 9.87. The third kappa shape index (κ3) is 13.2. The van der Waals surface area contributed by atoms with E-state index < -0.39 is 18.4 Å². The fourth-order valence-electron chi connectivity index (χ4n) is 0.258. The highest BCUT2D eigenvalue weighted by atomic mass is 16.4. The van der Waals surface area contributed by atoms with E-state index in [0.29, 0.717) is 0 Å². The fraction of sp³-hybridized carbons (Fsp3) is 0.111. The van der Waals surface area contributed by atoms with Crippen LogP contribution in [0.15, 0.2) is 37.5 Å². The molecule has 0 bridgehead atoms. The average molecular weight is 184 g/mol. The van der Waals surface area contributed by atoms with Crippen LogP contribution in [0.2, 0.25) is 0 Å². The molecule has 0 aliphatic rings. The predicted octanol–water partition coefficient (Wildman–Crippen LogP) is 1.46. The molecular formula is C9H12O4. The maximum Gasteiger partial charge on any atom is 0.331 e. The Kier molecular flexibility index (Phi) is 8.72. The summed E-state index contributed by atoms with van der Waals surface area (Å²) < 4.78 is 0. The van der Waals surface area contributed by atoms with Gasteiger partial charge in [0.1, 0.15) is 0 Å². The van der Waals surface area contributed by atoms with Gasteiger partial charge in [-0.05, 0) is 0 Å². The van der Waals surface area contributed by atoms with Gasteiger partial charge in [-0.3, -0.25) is 4.79 Å². The van der Waals surface area contributed by atoms with Crippen LogP contribution in [0.3, 0.4) is 0 Å². The van der Waals surface area contributed by atoms with Gasteiger partial charge in [-0.1, -0.05) is 31.9 Å². The first kappa shape index (κ1) is 13.7. The molecule has 0 atom stereocenters. The molecule has 13 heavy (non-hydrogen) atoms. The van der Waals surface area contributed by atoms with E-state index in [4.69, 9.17) is 10.2 Å². The van der Waals surface area contributed by atoms with Gasteiger partial charge in [0.15, 0.2) is 0 Å². The quantitative estimate of drug-likeness (QED) is 0.512. The molecule has 0 radical (unpaired) electrons. The standard InChI is InChI=1S/C5H6O4.C4H6/c1-3(5(8)9)2-4(6)7;1-3-4-2/h1-2H2,(H,6,7)(H,8,9);3-4H,1-2H2. The molecule has 72 valence electrons. The summed E-state index contributed by atoms with van der Waals surface area (Å²) in [4.78, 5) is 19.7. The molecule has 0 aromatic heterocycles. The Hall–Kier alpha value is -1.84. The first-order valence-electron chi connectivity index (χ1n) is 3.32. The van der Waals surface area contributed by atoms with Crippen LogP contribution in [-0.2, 0) is 9.59 Å². The van der Waals surface area contributed by atoms with Crippen molar-refractivity contribution in [1.29, 1.82) is 0 Å². The number of carboxylic acid groups (broad SMARTS) is 2. The normalized spacial score (nSPS) is 7.38. The van der Waals surface area contributed by atoms with Gasteiger partial charge in [0.2, 0.25) is 0 Å². The molecule has 0 heterocycles. The van der Waals surface area contributed by atoms with Crippen molar-refractivity contribution in [2.75, 3.05) is 0 Å². The molecule has 0 spiro atoms. The van der Waals surface area contributed by atoms with Gasteiger partial charge in [-0.15, -0.1) is 0 Å². The van der Waals surface area contributed by atoms with Gasteiger partial charge < -0.3 is 10.2 Å². The minimum atomic E-state index is -1.27. The van der Waals surface area contributed by atoms with Crippen LogP contribution < -0.4 is 0 Å². The highest BCUT2D eigenvalue weighted by Crippen LogP contribution is 1.95. The van der Waals surface area contributed by atoms with Crippen molar-refractivity contribution in [3.8, 4) is 0 Å². The number of rotatable bonds is 4. The second-order valence-corrected chi connectivity index (χ2v) is 1.95. The lowest BCUT2D eigenvalue weighted by Gasteiger charge is -1.91. The van der Waals surface area contributed by atoms with Crippen LogP contribution in [-0.4, -0.2) is 22.2 Å². The summed E-state index contributed by atoms with van der Waals surface area (Å²) in [5.74, 6) is -2.44. The third-order valence-electron chi connectivity index (χ3n) is 0.834. The summed E-state index contributed by atoms with van der Waals surface area (Å²) in [6.45, 7) is 9.74.